The van der Waals surface area contributed by atoms with E-state index >= 15 is 0 Å². The van der Waals surface area contributed by atoms with E-state index in [1.54, 1.807) is 43.7 Å². The molecule has 3 nitrogen and oxygen atoms in total. The summed E-state index contributed by atoms with van der Waals surface area (Å²) in [5.41, 5.74) is 1.32. The summed E-state index contributed by atoms with van der Waals surface area (Å²) in [6.45, 7) is 0. The van der Waals surface area contributed by atoms with Crippen LogP contribution in [0.25, 0.3) is 0 Å². The van der Waals surface area contributed by atoms with E-state index in [4.69, 9.17) is 16.3 Å². The van der Waals surface area contributed by atoms with Crippen LogP contribution in [-0.4, -0.2) is 18.4 Å². The van der Waals surface area contributed by atoms with Crippen molar-refractivity contribution in [3.05, 3.63) is 53.1 Å². The SMILES string of the molecule is COc1ccc(O)c(C=Nc2cccc(Cl)c2)c1. The van der Waals surface area contributed by atoms with Gasteiger partial charge >= 0.3 is 0 Å². The number of aliphatic imine (C=N–C) groups is 1. The van der Waals surface area contributed by atoms with Gasteiger partial charge in [-0.2, -0.15) is 0 Å². The van der Waals surface area contributed by atoms with Crippen LogP contribution < -0.4 is 4.74 Å². The number of phenolic OH excluding ortho intramolecular Hbond substituents is 1. The molecule has 0 radical (unpaired) electrons. The maximum Gasteiger partial charge on any atom is 0.124 e. The molecule has 0 spiro atoms. The van der Waals surface area contributed by atoms with Crippen LogP contribution in [0.3, 0.4) is 0 Å². The molecule has 0 saturated carbocycles. The lowest BCUT2D eigenvalue weighted by molar-refractivity contribution is 0.412. The van der Waals surface area contributed by atoms with Gasteiger partial charge in [-0.15, -0.1) is 0 Å². The van der Waals surface area contributed by atoms with Crippen LogP contribution in [0.4, 0.5) is 5.69 Å². The normalized spacial score (nSPS) is 10.8. The van der Waals surface area contributed by atoms with E-state index in [9.17, 15) is 5.11 Å². The Morgan fingerprint density at radius 2 is 2.06 bits per heavy atom. The van der Waals surface area contributed by atoms with Gasteiger partial charge in [0.1, 0.15) is 11.5 Å². The lowest BCUT2D eigenvalue weighted by Gasteiger charge is -2.02. The lowest BCUT2D eigenvalue weighted by atomic mass is 10.2. The van der Waals surface area contributed by atoms with Crippen molar-refractivity contribution in [2.45, 2.75) is 0 Å². The van der Waals surface area contributed by atoms with Crippen LogP contribution in [-0.2, 0) is 0 Å². The zero-order valence-electron chi connectivity index (χ0n) is 9.80. The van der Waals surface area contributed by atoms with Gasteiger partial charge in [0.15, 0.2) is 0 Å². The molecule has 0 fully saturated rings. The van der Waals surface area contributed by atoms with Gasteiger partial charge in [0.2, 0.25) is 0 Å². The summed E-state index contributed by atoms with van der Waals surface area (Å²) in [6.07, 6.45) is 1.57. The van der Waals surface area contributed by atoms with Gasteiger partial charge in [-0.25, -0.2) is 0 Å². The van der Waals surface area contributed by atoms with Gasteiger partial charge in [-0.05, 0) is 36.4 Å². The fourth-order valence-corrected chi connectivity index (χ4v) is 1.65. The zero-order chi connectivity index (χ0) is 13.0. The van der Waals surface area contributed by atoms with Crippen LogP contribution in [0.1, 0.15) is 5.56 Å². The van der Waals surface area contributed by atoms with E-state index in [-0.39, 0.29) is 5.75 Å². The zero-order valence-corrected chi connectivity index (χ0v) is 10.6. The molecule has 0 amide bonds. The van der Waals surface area contributed by atoms with Crippen molar-refractivity contribution in [3.63, 3.8) is 0 Å². The quantitative estimate of drug-likeness (QED) is 0.854. The predicted molar refractivity (Wildman–Crippen MR) is 73.4 cm³/mol. The second-order valence-corrected chi connectivity index (χ2v) is 4.10. The Morgan fingerprint density at radius 1 is 1.22 bits per heavy atom. The van der Waals surface area contributed by atoms with Gasteiger partial charge in [-0.3, -0.25) is 4.99 Å². The highest BCUT2D eigenvalue weighted by Gasteiger charge is 2.00. The molecule has 2 aromatic carbocycles. The van der Waals surface area contributed by atoms with E-state index in [0.29, 0.717) is 16.3 Å². The maximum atomic E-state index is 9.69. The minimum Gasteiger partial charge on any atom is -0.507 e. The highest BCUT2D eigenvalue weighted by molar-refractivity contribution is 6.30. The molecule has 18 heavy (non-hydrogen) atoms. The minimum absolute atomic E-state index is 0.154. The molecule has 0 bridgehead atoms. The topological polar surface area (TPSA) is 41.8 Å². The molecule has 0 aliphatic carbocycles. The second kappa shape index (κ2) is 5.56. The van der Waals surface area contributed by atoms with Gasteiger partial charge in [-0.1, -0.05) is 17.7 Å². The largest absolute Gasteiger partial charge is 0.507 e. The molecule has 0 aliphatic rings. The number of nitrogens with zero attached hydrogens (tertiary/aromatic N) is 1. The molecule has 92 valence electrons. The molecule has 0 aliphatic heterocycles. The van der Waals surface area contributed by atoms with Gasteiger partial charge < -0.3 is 9.84 Å². The number of hydrogen-bond acceptors (Lipinski definition) is 3. The number of benzene rings is 2. The lowest BCUT2D eigenvalue weighted by Crippen LogP contribution is -1.87. The summed E-state index contributed by atoms with van der Waals surface area (Å²) in [4.78, 5) is 4.25. The molecular formula is C14H12ClNO2. The summed E-state index contributed by atoms with van der Waals surface area (Å²) in [6, 6.07) is 12.1. The summed E-state index contributed by atoms with van der Waals surface area (Å²) in [5, 5.41) is 10.3. The van der Waals surface area contributed by atoms with Crippen LogP contribution >= 0.6 is 11.6 Å². The van der Waals surface area contributed by atoms with Crippen LogP contribution in [0.2, 0.25) is 5.02 Å². The first-order chi connectivity index (χ1) is 8.69. The number of aromatic hydroxyl groups is 1. The van der Waals surface area contributed by atoms with Gasteiger partial charge in [0, 0.05) is 16.8 Å². The smallest absolute Gasteiger partial charge is 0.124 e. The fraction of sp³-hybridized carbons (Fsp3) is 0.0714. The first-order valence-electron chi connectivity index (χ1n) is 5.35. The van der Waals surface area contributed by atoms with Crippen molar-refractivity contribution in [3.8, 4) is 11.5 Å². The third-order valence-electron chi connectivity index (χ3n) is 2.40. The number of halogens is 1. The molecule has 4 heteroatoms. The summed E-state index contributed by atoms with van der Waals surface area (Å²) >= 11 is 5.86. The van der Waals surface area contributed by atoms with Crippen LogP contribution in [0, 0.1) is 0 Å². The van der Waals surface area contributed by atoms with Crippen LogP contribution in [0.5, 0.6) is 11.5 Å². The van der Waals surface area contributed by atoms with E-state index in [1.807, 2.05) is 12.1 Å². The van der Waals surface area contributed by atoms with Gasteiger partial charge in [0.25, 0.3) is 0 Å². The van der Waals surface area contributed by atoms with Crippen molar-refractivity contribution in [2.75, 3.05) is 7.11 Å². The number of rotatable bonds is 3. The van der Waals surface area contributed by atoms with E-state index < -0.39 is 0 Å². The van der Waals surface area contributed by atoms with Crippen LogP contribution in [0.15, 0.2) is 47.5 Å². The summed E-state index contributed by atoms with van der Waals surface area (Å²) in [7, 11) is 1.57. The molecule has 2 aromatic rings. The van der Waals surface area contributed by atoms with Crippen molar-refractivity contribution in [1.29, 1.82) is 0 Å². The third-order valence-corrected chi connectivity index (χ3v) is 2.63. The number of methoxy groups -OCH3 is 1. The number of hydrogen-bond donors (Lipinski definition) is 1. The van der Waals surface area contributed by atoms with E-state index in [2.05, 4.69) is 4.99 Å². The predicted octanol–water partition coefficient (Wildman–Crippen LogP) is 3.80. The fourth-order valence-electron chi connectivity index (χ4n) is 1.46. The van der Waals surface area contributed by atoms with Crippen molar-refractivity contribution < 1.29 is 9.84 Å². The summed E-state index contributed by atoms with van der Waals surface area (Å²) in [5.74, 6) is 0.821. The van der Waals surface area contributed by atoms with Crippen molar-refractivity contribution >= 4 is 23.5 Å². The Morgan fingerprint density at radius 3 is 2.78 bits per heavy atom. The van der Waals surface area contributed by atoms with E-state index in [1.165, 1.54) is 0 Å². The second-order valence-electron chi connectivity index (χ2n) is 3.66. The molecule has 1 N–H and O–H groups in total. The molecule has 0 aromatic heterocycles. The number of ether oxygens (including phenoxy) is 1. The number of phenols is 1. The Hall–Kier alpha value is -2.00. The van der Waals surface area contributed by atoms with Gasteiger partial charge in [0.05, 0.1) is 12.8 Å². The Balaban J connectivity index is 2.28. The Kier molecular flexibility index (Phi) is 3.85. The van der Waals surface area contributed by atoms with E-state index in [0.717, 1.165) is 5.69 Å². The highest BCUT2D eigenvalue weighted by atomic mass is 35.5. The molecule has 0 saturated heterocycles. The molecule has 0 unspecified atom stereocenters. The monoisotopic (exact) mass is 261 g/mol. The van der Waals surface area contributed by atoms with Crippen molar-refractivity contribution in [1.82, 2.24) is 0 Å². The molecule has 2 rings (SSSR count). The van der Waals surface area contributed by atoms with Crippen molar-refractivity contribution in [2.24, 2.45) is 4.99 Å². The average Bonchev–Trinajstić information content (AvgIpc) is 2.38. The Bertz CT molecular complexity index is 582. The first kappa shape index (κ1) is 12.5. The first-order valence-corrected chi connectivity index (χ1v) is 5.73. The highest BCUT2D eigenvalue weighted by Crippen LogP contribution is 2.23. The Labute approximate surface area is 110 Å². The maximum absolute atomic E-state index is 9.69. The molecular weight excluding hydrogens is 250 g/mol. The third kappa shape index (κ3) is 3.02. The standard InChI is InChI=1S/C14H12ClNO2/c1-18-13-5-6-14(17)10(7-13)9-16-12-4-2-3-11(15)8-12/h2-9,17H,1H3. The summed E-state index contributed by atoms with van der Waals surface area (Å²) < 4.78 is 5.09. The average molecular weight is 262 g/mol. The minimum atomic E-state index is 0.154. The molecule has 0 heterocycles. The molecule has 0 atom stereocenters.